The minimum Gasteiger partial charge on any atom is -0.317 e. The van der Waals surface area contributed by atoms with Gasteiger partial charge in [-0.2, -0.15) is 0 Å². The number of aryl methyl sites for hydroxylation is 1. The molecule has 1 aromatic heterocycles. The van der Waals surface area contributed by atoms with Crippen LogP contribution in [0.3, 0.4) is 0 Å². The first-order valence-electron chi connectivity index (χ1n) is 6.83. The fourth-order valence-corrected chi connectivity index (χ4v) is 3.20. The quantitative estimate of drug-likeness (QED) is 0.807. The van der Waals surface area contributed by atoms with Gasteiger partial charge in [-0.3, -0.25) is 0 Å². The Morgan fingerprint density at radius 1 is 0.909 bits per heavy atom. The van der Waals surface area contributed by atoms with Crippen molar-refractivity contribution in [3.8, 4) is 16.9 Å². The highest BCUT2D eigenvalue weighted by Gasteiger charge is 2.17. The van der Waals surface area contributed by atoms with E-state index in [9.17, 15) is 8.42 Å². The van der Waals surface area contributed by atoms with Gasteiger partial charge in [-0.05, 0) is 37.3 Å². The fourth-order valence-electron chi connectivity index (χ4n) is 2.46. The van der Waals surface area contributed by atoms with Gasteiger partial charge < -0.3 is 4.57 Å². The van der Waals surface area contributed by atoms with Crippen molar-refractivity contribution in [2.45, 2.75) is 11.8 Å². The molecule has 1 heterocycles. The fraction of sp³-hybridized carbons (Fsp3) is 0.0588. The highest BCUT2D eigenvalue weighted by atomic mass is 32.2. The highest BCUT2D eigenvalue weighted by molar-refractivity contribution is 7.89. The molecule has 0 amide bonds. The first-order valence-corrected chi connectivity index (χ1v) is 8.38. The van der Waals surface area contributed by atoms with Gasteiger partial charge in [0.1, 0.15) is 0 Å². The van der Waals surface area contributed by atoms with Gasteiger partial charge in [0, 0.05) is 17.4 Å². The Kier molecular flexibility index (Phi) is 3.60. The zero-order valence-corrected chi connectivity index (χ0v) is 12.9. The van der Waals surface area contributed by atoms with E-state index in [-0.39, 0.29) is 4.90 Å². The van der Waals surface area contributed by atoms with E-state index in [0.29, 0.717) is 5.56 Å². The van der Waals surface area contributed by atoms with E-state index in [1.807, 2.05) is 54.1 Å². The van der Waals surface area contributed by atoms with Crippen molar-refractivity contribution >= 4 is 10.0 Å². The Morgan fingerprint density at radius 3 is 2.27 bits per heavy atom. The van der Waals surface area contributed by atoms with Crippen LogP contribution in [0.1, 0.15) is 5.56 Å². The Balaban J connectivity index is 2.20. The van der Waals surface area contributed by atoms with Gasteiger partial charge in [0.05, 0.1) is 10.6 Å². The van der Waals surface area contributed by atoms with Crippen LogP contribution >= 0.6 is 0 Å². The van der Waals surface area contributed by atoms with Gasteiger partial charge in [0.25, 0.3) is 0 Å². The third kappa shape index (κ3) is 2.68. The molecule has 0 aliphatic carbocycles. The lowest BCUT2D eigenvalue weighted by Crippen LogP contribution is -2.13. The van der Waals surface area contributed by atoms with Gasteiger partial charge >= 0.3 is 0 Å². The second kappa shape index (κ2) is 5.44. The van der Waals surface area contributed by atoms with E-state index < -0.39 is 10.0 Å². The first kappa shape index (κ1) is 14.6. The topological polar surface area (TPSA) is 65.1 Å². The molecule has 22 heavy (non-hydrogen) atoms. The van der Waals surface area contributed by atoms with Gasteiger partial charge in [-0.15, -0.1) is 0 Å². The van der Waals surface area contributed by atoms with E-state index >= 15 is 0 Å². The number of nitrogens with two attached hydrogens (primary N) is 1. The number of rotatable bonds is 3. The first-order chi connectivity index (χ1) is 10.5. The Bertz CT molecular complexity index is 910. The predicted octanol–water partition coefficient (Wildman–Crippen LogP) is 3.10. The molecule has 2 N–H and O–H groups in total. The van der Waals surface area contributed by atoms with Crippen molar-refractivity contribution in [3.05, 3.63) is 72.4 Å². The molecule has 3 rings (SSSR count). The number of benzene rings is 2. The third-order valence-electron chi connectivity index (χ3n) is 3.53. The third-order valence-corrected chi connectivity index (χ3v) is 4.50. The summed E-state index contributed by atoms with van der Waals surface area (Å²) < 4.78 is 25.6. The van der Waals surface area contributed by atoms with Crippen LogP contribution in [0.4, 0.5) is 0 Å². The highest BCUT2D eigenvalue weighted by Crippen LogP contribution is 2.29. The maximum Gasteiger partial charge on any atom is 0.238 e. The van der Waals surface area contributed by atoms with Gasteiger partial charge in [0.2, 0.25) is 10.0 Å². The monoisotopic (exact) mass is 312 g/mol. The molecular weight excluding hydrogens is 296 g/mol. The minimum absolute atomic E-state index is 0.127. The maximum absolute atomic E-state index is 11.8. The summed E-state index contributed by atoms with van der Waals surface area (Å²) in [6.07, 6.45) is 1.90. The lowest BCUT2D eigenvalue weighted by molar-refractivity contribution is 0.598. The van der Waals surface area contributed by atoms with Gasteiger partial charge in [-0.25, -0.2) is 13.6 Å². The van der Waals surface area contributed by atoms with Crippen molar-refractivity contribution in [2.24, 2.45) is 5.14 Å². The zero-order chi connectivity index (χ0) is 15.7. The Morgan fingerprint density at radius 2 is 1.59 bits per heavy atom. The number of aromatic nitrogens is 1. The molecule has 4 nitrogen and oxygen atoms in total. The van der Waals surface area contributed by atoms with E-state index in [2.05, 4.69) is 0 Å². The number of nitrogens with zero attached hydrogens (tertiary/aromatic N) is 1. The largest absolute Gasteiger partial charge is 0.317 e. The molecule has 0 unspecified atom stereocenters. The summed E-state index contributed by atoms with van der Waals surface area (Å²) in [7, 11) is -3.78. The SMILES string of the molecule is Cc1ccc(-n2cccc2-c2ccccc2S(N)(=O)=O)cc1. The Labute approximate surface area is 129 Å². The number of sulfonamides is 1. The van der Waals surface area contributed by atoms with Crippen LogP contribution < -0.4 is 5.14 Å². The normalized spacial score (nSPS) is 11.5. The average molecular weight is 312 g/mol. The van der Waals surface area contributed by atoms with Crippen LogP contribution in [0.5, 0.6) is 0 Å². The van der Waals surface area contributed by atoms with Crippen molar-refractivity contribution < 1.29 is 8.42 Å². The predicted molar refractivity (Wildman–Crippen MR) is 87.3 cm³/mol. The van der Waals surface area contributed by atoms with Crippen LogP contribution in [0, 0.1) is 6.92 Å². The number of primary sulfonamides is 1. The molecule has 0 fully saturated rings. The lowest BCUT2D eigenvalue weighted by Gasteiger charge is -2.12. The second-order valence-electron chi connectivity index (χ2n) is 5.14. The molecule has 0 saturated heterocycles. The average Bonchev–Trinajstić information content (AvgIpc) is 2.96. The van der Waals surface area contributed by atoms with E-state index in [4.69, 9.17) is 5.14 Å². The number of hydrogen-bond acceptors (Lipinski definition) is 2. The van der Waals surface area contributed by atoms with Crippen LogP contribution in [0.2, 0.25) is 0 Å². The zero-order valence-electron chi connectivity index (χ0n) is 12.1. The lowest BCUT2D eigenvalue weighted by atomic mass is 10.1. The van der Waals surface area contributed by atoms with E-state index in [1.54, 1.807) is 18.2 Å². The maximum atomic E-state index is 11.8. The molecule has 0 saturated carbocycles. The molecule has 0 atom stereocenters. The summed E-state index contributed by atoms with van der Waals surface area (Å²) in [6.45, 7) is 2.02. The van der Waals surface area contributed by atoms with Crippen molar-refractivity contribution in [1.82, 2.24) is 4.57 Å². The van der Waals surface area contributed by atoms with Crippen LogP contribution in [-0.4, -0.2) is 13.0 Å². The summed E-state index contributed by atoms with van der Waals surface area (Å²) in [4.78, 5) is 0.127. The standard InChI is InChI=1S/C17H16N2O2S/c1-13-8-10-14(11-9-13)19-12-4-6-16(19)15-5-2-3-7-17(15)22(18,20)21/h2-12H,1H3,(H2,18,20,21). The van der Waals surface area contributed by atoms with E-state index in [1.165, 1.54) is 11.6 Å². The molecular formula is C17H16N2O2S. The van der Waals surface area contributed by atoms with Crippen LogP contribution in [0.15, 0.2) is 71.8 Å². The molecule has 0 spiro atoms. The smallest absolute Gasteiger partial charge is 0.238 e. The molecule has 112 valence electrons. The van der Waals surface area contributed by atoms with Crippen LogP contribution in [-0.2, 0) is 10.0 Å². The Hall–Kier alpha value is -2.37. The molecule has 3 aromatic rings. The van der Waals surface area contributed by atoms with E-state index in [0.717, 1.165) is 11.4 Å². The number of hydrogen-bond donors (Lipinski definition) is 1. The molecule has 0 aliphatic rings. The summed E-state index contributed by atoms with van der Waals surface area (Å²) in [5.74, 6) is 0. The van der Waals surface area contributed by atoms with Crippen molar-refractivity contribution in [1.29, 1.82) is 0 Å². The molecule has 2 aromatic carbocycles. The van der Waals surface area contributed by atoms with Gasteiger partial charge in [-0.1, -0.05) is 35.9 Å². The molecule has 0 aliphatic heterocycles. The molecule has 0 bridgehead atoms. The molecule has 0 radical (unpaired) electrons. The second-order valence-corrected chi connectivity index (χ2v) is 6.67. The van der Waals surface area contributed by atoms with Crippen molar-refractivity contribution in [3.63, 3.8) is 0 Å². The minimum atomic E-state index is -3.78. The summed E-state index contributed by atoms with van der Waals surface area (Å²) in [6, 6.07) is 18.6. The summed E-state index contributed by atoms with van der Waals surface area (Å²) in [5, 5.41) is 5.34. The molecule has 5 heteroatoms. The summed E-state index contributed by atoms with van der Waals surface area (Å²) >= 11 is 0. The summed E-state index contributed by atoms with van der Waals surface area (Å²) in [5.41, 5.74) is 3.52. The van der Waals surface area contributed by atoms with Crippen LogP contribution in [0.25, 0.3) is 16.9 Å². The van der Waals surface area contributed by atoms with Gasteiger partial charge in [0.15, 0.2) is 0 Å². The van der Waals surface area contributed by atoms with Crippen molar-refractivity contribution in [2.75, 3.05) is 0 Å².